The van der Waals surface area contributed by atoms with E-state index in [-0.39, 0.29) is 24.5 Å². The number of nitrogens with two attached hydrogens (primary N) is 1. The van der Waals surface area contributed by atoms with Gasteiger partial charge in [-0.2, -0.15) is 0 Å². The molecule has 0 spiro atoms. The number of esters is 1. The second-order valence-corrected chi connectivity index (χ2v) is 2.95. The molecular weight excluding hydrogens is 214 g/mol. The SMILES string of the molecule is CCOC(=O)Cc1ccc([N+](=O)[O-])c(N)n1. The molecule has 0 amide bonds. The minimum absolute atomic E-state index is 0.0456. The summed E-state index contributed by atoms with van der Waals surface area (Å²) < 4.78 is 4.71. The molecule has 1 aromatic heterocycles. The number of carbonyl (C=O) groups excluding carboxylic acids is 1. The van der Waals surface area contributed by atoms with E-state index in [4.69, 9.17) is 10.5 Å². The molecule has 0 aromatic carbocycles. The van der Waals surface area contributed by atoms with E-state index in [0.717, 1.165) is 0 Å². The predicted octanol–water partition coefficient (Wildman–Crippen LogP) is 0.678. The normalized spacial score (nSPS) is 9.81. The Balaban J connectivity index is 2.81. The predicted molar refractivity (Wildman–Crippen MR) is 55.6 cm³/mol. The molecule has 0 atom stereocenters. The highest BCUT2D eigenvalue weighted by molar-refractivity contribution is 5.72. The highest BCUT2D eigenvalue weighted by atomic mass is 16.6. The van der Waals surface area contributed by atoms with Crippen LogP contribution in [0.4, 0.5) is 11.5 Å². The van der Waals surface area contributed by atoms with Crippen LogP contribution in [0.25, 0.3) is 0 Å². The summed E-state index contributed by atoms with van der Waals surface area (Å²) in [4.78, 5) is 24.7. The standard InChI is InChI=1S/C9H11N3O4/c1-2-16-8(13)5-6-3-4-7(12(14)15)9(10)11-6/h3-4H,2,5H2,1H3,(H2,10,11). The lowest BCUT2D eigenvalue weighted by Gasteiger charge is -2.02. The fourth-order valence-electron chi connectivity index (χ4n) is 1.12. The lowest BCUT2D eigenvalue weighted by atomic mass is 10.2. The molecule has 1 aromatic rings. The van der Waals surface area contributed by atoms with Crippen LogP contribution in [0, 0.1) is 10.1 Å². The summed E-state index contributed by atoms with van der Waals surface area (Å²) in [5.41, 5.74) is 5.45. The molecule has 0 unspecified atom stereocenters. The van der Waals surface area contributed by atoms with Crippen molar-refractivity contribution in [2.45, 2.75) is 13.3 Å². The summed E-state index contributed by atoms with van der Waals surface area (Å²) in [7, 11) is 0. The summed E-state index contributed by atoms with van der Waals surface area (Å²) in [5.74, 6) is -0.643. The van der Waals surface area contributed by atoms with Crippen molar-refractivity contribution in [2.24, 2.45) is 0 Å². The first kappa shape index (κ1) is 11.9. The zero-order chi connectivity index (χ0) is 12.1. The van der Waals surface area contributed by atoms with Crippen molar-refractivity contribution >= 4 is 17.5 Å². The molecule has 2 N–H and O–H groups in total. The molecule has 7 nitrogen and oxygen atoms in total. The van der Waals surface area contributed by atoms with Gasteiger partial charge in [-0.3, -0.25) is 14.9 Å². The number of ether oxygens (including phenoxy) is 1. The Morgan fingerprint density at radius 3 is 2.81 bits per heavy atom. The van der Waals surface area contributed by atoms with Crippen molar-refractivity contribution in [3.05, 3.63) is 27.9 Å². The second-order valence-electron chi connectivity index (χ2n) is 2.95. The van der Waals surface area contributed by atoms with Crippen LogP contribution < -0.4 is 5.73 Å². The molecule has 7 heteroatoms. The monoisotopic (exact) mass is 225 g/mol. The van der Waals surface area contributed by atoms with E-state index >= 15 is 0 Å². The second kappa shape index (κ2) is 5.06. The number of rotatable bonds is 4. The zero-order valence-corrected chi connectivity index (χ0v) is 8.67. The molecule has 1 heterocycles. The lowest BCUT2D eigenvalue weighted by molar-refractivity contribution is -0.384. The maximum absolute atomic E-state index is 11.1. The van der Waals surface area contributed by atoms with Crippen LogP contribution in [0.3, 0.4) is 0 Å². The van der Waals surface area contributed by atoms with E-state index < -0.39 is 10.9 Å². The number of pyridine rings is 1. The molecule has 0 bridgehead atoms. The number of nitrogen functional groups attached to an aromatic ring is 1. The average molecular weight is 225 g/mol. The maximum atomic E-state index is 11.1. The molecule has 0 saturated heterocycles. The molecule has 16 heavy (non-hydrogen) atoms. The highest BCUT2D eigenvalue weighted by Crippen LogP contribution is 2.18. The van der Waals surface area contributed by atoms with Gasteiger partial charge in [-0.1, -0.05) is 0 Å². The van der Waals surface area contributed by atoms with Gasteiger partial charge < -0.3 is 10.5 Å². The van der Waals surface area contributed by atoms with Crippen molar-refractivity contribution in [3.8, 4) is 0 Å². The van der Waals surface area contributed by atoms with Gasteiger partial charge in [0.15, 0.2) is 0 Å². The number of aromatic nitrogens is 1. The lowest BCUT2D eigenvalue weighted by Crippen LogP contribution is -2.10. The summed E-state index contributed by atoms with van der Waals surface area (Å²) in [6, 6.07) is 2.60. The molecule has 0 radical (unpaired) electrons. The number of anilines is 1. The van der Waals surface area contributed by atoms with Crippen LogP contribution in [-0.4, -0.2) is 22.5 Å². The van der Waals surface area contributed by atoms with Crippen molar-refractivity contribution in [1.82, 2.24) is 4.98 Å². The smallest absolute Gasteiger partial charge is 0.311 e. The van der Waals surface area contributed by atoms with Gasteiger partial charge in [0.1, 0.15) is 0 Å². The Kier molecular flexibility index (Phi) is 3.76. The summed E-state index contributed by atoms with van der Waals surface area (Å²) in [6.07, 6.45) is -0.0456. The molecule has 0 aliphatic heterocycles. The van der Waals surface area contributed by atoms with E-state index in [1.165, 1.54) is 12.1 Å². The minimum Gasteiger partial charge on any atom is -0.466 e. The molecule has 86 valence electrons. The molecular formula is C9H11N3O4. The highest BCUT2D eigenvalue weighted by Gasteiger charge is 2.14. The van der Waals surface area contributed by atoms with Gasteiger partial charge >= 0.3 is 11.7 Å². The fourth-order valence-corrected chi connectivity index (χ4v) is 1.12. The number of nitro groups is 1. The third-order valence-corrected chi connectivity index (χ3v) is 1.79. The van der Waals surface area contributed by atoms with E-state index in [1.54, 1.807) is 6.92 Å². The van der Waals surface area contributed by atoms with Crippen molar-refractivity contribution in [3.63, 3.8) is 0 Å². The van der Waals surface area contributed by atoms with E-state index in [0.29, 0.717) is 5.69 Å². The number of hydrogen-bond donors (Lipinski definition) is 1. The van der Waals surface area contributed by atoms with Crippen molar-refractivity contribution in [1.29, 1.82) is 0 Å². The van der Waals surface area contributed by atoms with Crippen LogP contribution in [-0.2, 0) is 16.0 Å². The van der Waals surface area contributed by atoms with Crippen LogP contribution >= 0.6 is 0 Å². The number of nitrogens with zero attached hydrogens (tertiary/aromatic N) is 2. The molecule has 0 saturated carbocycles. The first-order chi connectivity index (χ1) is 7.54. The Morgan fingerprint density at radius 1 is 1.62 bits per heavy atom. The fraction of sp³-hybridized carbons (Fsp3) is 0.333. The van der Waals surface area contributed by atoms with Gasteiger partial charge in [0.25, 0.3) is 0 Å². The molecule has 0 aliphatic carbocycles. The van der Waals surface area contributed by atoms with Crippen LogP contribution in [0.2, 0.25) is 0 Å². The Bertz CT molecular complexity index is 419. The number of carbonyl (C=O) groups is 1. The van der Waals surface area contributed by atoms with E-state index in [1.807, 2.05) is 0 Å². The quantitative estimate of drug-likeness (QED) is 0.458. The van der Waals surface area contributed by atoms with Gasteiger partial charge in [0, 0.05) is 6.07 Å². The van der Waals surface area contributed by atoms with Crippen LogP contribution in [0.1, 0.15) is 12.6 Å². The van der Waals surface area contributed by atoms with Gasteiger partial charge in [-0.25, -0.2) is 4.98 Å². The van der Waals surface area contributed by atoms with Gasteiger partial charge in [0.2, 0.25) is 5.82 Å². The third-order valence-electron chi connectivity index (χ3n) is 1.79. The van der Waals surface area contributed by atoms with E-state index in [9.17, 15) is 14.9 Å². The Morgan fingerprint density at radius 2 is 2.31 bits per heavy atom. The maximum Gasteiger partial charge on any atom is 0.311 e. The summed E-state index contributed by atoms with van der Waals surface area (Å²) in [5, 5.41) is 10.5. The number of hydrogen-bond acceptors (Lipinski definition) is 6. The van der Waals surface area contributed by atoms with Crippen LogP contribution in [0.15, 0.2) is 12.1 Å². The first-order valence-corrected chi connectivity index (χ1v) is 4.60. The zero-order valence-electron chi connectivity index (χ0n) is 8.67. The van der Waals surface area contributed by atoms with E-state index in [2.05, 4.69) is 4.98 Å². The Labute approximate surface area is 91.4 Å². The van der Waals surface area contributed by atoms with Crippen LogP contribution in [0.5, 0.6) is 0 Å². The van der Waals surface area contributed by atoms with Crippen molar-refractivity contribution in [2.75, 3.05) is 12.3 Å². The summed E-state index contributed by atoms with van der Waals surface area (Å²) >= 11 is 0. The first-order valence-electron chi connectivity index (χ1n) is 4.60. The largest absolute Gasteiger partial charge is 0.466 e. The van der Waals surface area contributed by atoms with Gasteiger partial charge in [-0.15, -0.1) is 0 Å². The minimum atomic E-state index is -0.628. The van der Waals surface area contributed by atoms with Gasteiger partial charge in [-0.05, 0) is 13.0 Å². The third kappa shape index (κ3) is 2.91. The average Bonchev–Trinajstić information content (AvgIpc) is 2.17. The summed E-state index contributed by atoms with van der Waals surface area (Å²) in [6.45, 7) is 1.97. The van der Waals surface area contributed by atoms with Gasteiger partial charge in [0.05, 0.1) is 23.6 Å². The molecule has 0 fully saturated rings. The molecule has 0 aliphatic rings. The Hall–Kier alpha value is -2.18. The topological polar surface area (TPSA) is 108 Å². The molecule has 1 rings (SSSR count). The van der Waals surface area contributed by atoms with Crippen molar-refractivity contribution < 1.29 is 14.5 Å².